The second kappa shape index (κ2) is 9.09. The summed E-state index contributed by atoms with van der Waals surface area (Å²) in [6, 6.07) is 6.00. The summed E-state index contributed by atoms with van der Waals surface area (Å²) in [6.45, 7) is 1.31. The van der Waals surface area contributed by atoms with Crippen LogP contribution in [-0.4, -0.2) is 37.0 Å². The Kier molecular flexibility index (Phi) is 6.84. The van der Waals surface area contributed by atoms with Gasteiger partial charge in [-0.05, 0) is 13.0 Å². The molecule has 1 aromatic heterocycles. The summed E-state index contributed by atoms with van der Waals surface area (Å²) >= 11 is 0. The maximum absolute atomic E-state index is 12.2. The molecule has 2 rings (SSSR count). The van der Waals surface area contributed by atoms with Crippen LogP contribution < -0.4 is 14.9 Å². The van der Waals surface area contributed by atoms with Crippen molar-refractivity contribution in [2.24, 2.45) is 0 Å². The number of para-hydroxylation sites is 1. The summed E-state index contributed by atoms with van der Waals surface area (Å²) in [5, 5.41) is 19.6. The van der Waals surface area contributed by atoms with Crippen LogP contribution in [0.25, 0.3) is 0 Å². The fourth-order valence-corrected chi connectivity index (χ4v) is 2.79. The van der Waals surface area contributed by atoms with E-state index in [1.165, 1.54) is 14.2 Å². The van der Waals surface area contributed by atoms with E-state index in [0.29, 0.717) is 17.1 Å². The lowest BCUT2D eigenvalue weighted by atomic mass is 9.91. The van der Waals surface area contributed by atoms with Gasteiger partial charge in [0.15, 0.2) is 17.3 Å². The zero-order valence-corrected chi connectivity index (χ0v) is 15.4. The second-order valence-corrected chi connectivity index (χ2v) is 5.59. The summed E-state index contributed by atoms with van der Waals surface area (Å²) in [5.41, 5.74) is -0.269. The van der Waals surface area contributed by atoms with Gasteiger partial charge in [0, 0.05) is 11.6 Å². The van der Waals surface area contributed by atoms with Gasteiger partial charge >= 0.3 is 5.97 Å². The third kappa shape index (κ3) is 4.40. The number of hydrogen-bond donors (Lipinski definition) is 2. The number of aliphatic hydroxyl groups is 1. The molecule has 27 heavy (non-hydrogen) atoms. The van der Waals surface area contributed by atoms with Gasteiger partial charge in [-0.15, -0.1) is 0 Å². The van der Waals surface area contributed by atoms with Crippen molar-refractivity contribution in [3.8, 4) is 17.2 Å². The van der Waals surface area contributed by atoms with E-state index in [0.717, 1.165) is 6.07 Å². The van der Waals surface area contributed by atoms with Gasteiger partial charge in [0.2, 0.25) is 11.2 Å². The quantitative estimate of drug-likeness (QED) is 0.670. The van der Waals surface area contributed by atoms with Crippen LogP contribution in [0.2, 0.25) is 0 Å². The fraction of sp³-hybridized carbons (Fsp3) is 0.368. The van der Waals surface area contributed by atoms with Crippen molar-refractivity contribution >= 4 is 5.97 Å². The molecule has 1 heterocycles. The van der Waals surface area contributed by atoms with Crippen molar-refractivity contribution in [2.75, 3.05) is 20.8 Å². The number of carbonyl (C=O) groups is 1. The van der Waals surface area contributed by atoms with E-state index < -0.39 is 29.7 Å². The first-order valence-electron chi connectivity index (χ1n) is 8.30. The van der Waals surface area contributed by atoms with Crippen LogP contribution >= 0.6 is 0 Å². The Morgan fingerprint density at radius 1 is 1.26 bits per heavy atom. The first kappa shape index (κ1) is 20.3. The van der Waals surface area contributed by atoms with Crippen LogP contribution in [0.4, 0.5) is 0 Å². The fourth-order valence-electron chi connectivity index (χ4n) is 2.79. The minimum Gasteiger partial charge on any atom is -0.502 e. The van der Waals surface area contributed by atoms with E-state index >= 15 is 0 Å². The third-order valence-electron chi connectivity index (χ3n) is 3.96. The molecule has 2 aromatic rings. The van der Waals surface area contributed by atoms with Crippen molar-refractivity contribution < 1.29 is 33.6 Å². The van der Waals surface area contributed by atoms with E-state index in [-0.39, 0.29) is 24.5 Å². The first-order chi connectivity index (χ1) is 13.0. The Morgan fingerprint density at radius 3 is 2.59 bits per heavy atom. The Labute approximate surface area is 155 Å². The van der Waals surface area contributed by atoms with Crippen molar-refractivity contribution in [1.82, 2.24) is 0 Å². The minimum absolute atomic E-state index is 0.0384. The summed E-state index contributed by atoms with van der Waals surface area (Å²) in [4.78, 5) is 24.2. The largest absolute Gasteiger partial charge is 0.502 e. The molecule has 0 aliphatic heterocycles. The molecule has 8 heteroatoms. The number of methoxy groups -OCH3 is 2. The number of benzene rings is 1. The molecule has 1 atom stereocenters. The zero-order chi connectivity index (χ0) is 20.0. The maximum atomic E-state index is 12.2. The van der Waals surface area contributed by atoms with Crippen molar-refractivity contribution in [2.45, 2.75) is 25.9 Å². The number of hydrogen-bond acceptors (Lipinski definition) is 8. The molecule has 2 N–H and O–H groups in total. The smallest absolute Gasteiger partial charge is 0.306 e. The van der Waals surface area contributed by atoms with Crippen LogP contribution in [0.1, 0.15) is 36.3 Å². The molecular formula is C19H22O8. The van der Waals surface area contributed by atoms with Crippen LogP contribution in [0.15, 0.2) is 33.5 Å². The summed E-state index contributed by atoms with van der Waals surface area (Å²) in [5.74, 6) is -1.56. The van der Waals surface area contributed by atoms with Gasteiger partial charge in [-0.2, -0.15) is 0 Å². The van der Waals surface area contributed by atoms with Crippen molar-refractivity contribution in [3.05, 3.63) is 51.6 Å². The molecule has 8 nitrogen and oxygen atoms in total. The number of carbonyl (C=O) groups excluding carboxylic acids is 1. The normalized spacial score (nSPS) is 11.7. The minimum atomic E-state index is -0.895. The standard InChI is InChI=1S/C19H22O8/c1-4-26-16(22)9-13(12-6-5-7-15(24-2)18(12)25-3)19-17(23)14(21)8-11(10-20)27-19/h5-8,13,20,23H,4,9-10H2,1-3H3/t13-/m0/s1. The molecule has 0 aliphatic carbocycles. The predicted molar refractivity (Wildman–Crippen MR) is 95.2 cm³/mol. The van der Waals surface area contributed by atoms with E-state index in [9.17, 15) is 19.8 Å². The number of esters is 1. The highest BCUT2D eigenvalue weighted by molar-refractivity contribution is 5.72. The van der Waals surface area contributed by atoms with Gasteiger partial charge < -0.3 is 28.8 Å². The van der Waals surface area contributed by atoms with Gasteiger partial charge in [-0.3, -0.25) is 9.59 Å². The first-order valence-corrected chi connectivity index (χ1v) is 8.30. The van der Waals surface area contributed by atoms with Crippen molar-refractivity contribution in [3.63, 3.8) is 0 Å². The molecule has 0 radical (unpaired) electrons. The highest BCUT2D eigenvalue weighted by Gasteiger charge is 2.30. The van der Waals surface area contributed by atoms with Crippen molar-refractivity contribution in [1.29, 1.82) is 0 Å². The van der Waals surface area contributed by atoms with E-state index in [4.69, 9.17) is 18.6 Å². The average molecular weight is 378 g/mol. The lowest BCUT2D eigenvalue weighted by Crippen LogP contribution is -2.15. The SMILES string of the molecule is CCOC(=O)C[C@@H](c1cccc(OC)c1OC)c1oc(CO)cc(=O)c1O. The number of aromatic hydroxyl groups is 1. The maximum Gasteiger partial charge on any atom is 0.306 e. The molecule has 0 unspecified atom stereocenters. The molecule has 0 fully saturated rings. The van der Waals surface area contributed by atoms with Crippen LogP contribution in [-0.2, 0) is 16.1 Å². The summed E-state index contributed by atoms with van der Waals surface area (Å²) in [7, 11) is 2.90. The Balaban J connectivity index is 2.69. The highest BCUT2D eigenvalue weighted by Crippen LogP contribution is 2.42. The molecule has 1 aromatic carbocycles. The van der Waals surface area contributed by atoms with E-state index in [2.05, 4.69) is 0 Å². The predicted octanol–water partition coefficient (Wildman–Crippen LogP) is 1.94. The molecule has 0 saturated carbocycles. The monoisotopic (exact) mass is 378 g/mol. The molecule has 0 bridgehead atoms. The average Bonchev–Trinajstić information content (AvgIpc) is 2.67. The Morgan fingerprint density at radius 2 is 2.00 bits per heavy atom. The molecule has 0 spiro atoms. The van der Waals surface area contributed by atoms with Gasteiger partial charge in [-0.1, -0.05) is 12.1 Å². The lowest BCUT2D eigenvalue weighted by Gasteiger charge is -2.21. The number of ether oxygens (including phenoxy) is 3. The molecule has 0 saturated heterocycles. The zero-order valence-electron chi connectivity index (χ0n) is 15.4. The number of rotatable bonds is 8. The van der Waals surface area contributed by atoms with Gasteiger partial charge in [0.1, 0.15) is 12.4 Å². The Hall–Kier alpha value is -3.00. The summed E-state index contributed by atoms with van der Waals surface area (Å²) in [6.07, 6.45) is -0.219. The van der Waals surface area contributed by atoms with Gasteiger partial charge in [-0.25, -0.2) is 0 Å². The van der Waals surface area contributed by atoms with Crippen LogP contribution in [0.5, 0.6) is 17.2 Å². The molecule has 0 amide bonds. The topological polar surface area (TPSA) is 115 Å². The lowest BCUT2D eigenvalue weighted by molar-refractivity contribution is -0.143. The van der Waals surface area contributed by atoms with Gasteiger partial charge in [0.05, 0.1) is 33.2 Å². The Bertz CT molecular complexity index is 855. The van der Waals surface area contributed by atoms with Crippen LogP contribution in [0.3, 0.4) is 0 Å². The number of aliphatic hydroxyl groups excluding tert-OH is 1. The van der Waals surface area contributed by atoms with Gasteiger partial charge in [0.25, 0.3) is 0 Å². The highest BCUT2D eigenvalue weighted by atomic mass is 16.5. The van der Waals surface area contributed by atoms with E-state index in [1.54, 1.807) is 25.1 Å². The molecule has 146 valence electrons. The molecular weight excluding hydrogens is 356 g/mol. The second-order valence-electron chi connectivity index (χ2n) is 5.59. The third-order valence-corrected chi connectivity index (χ3v) is 3.96. The van der Waals surface area contributed by atoms with E-state index in [1.807, 2.05) is 0 Å². The summed E-state index contributed by atoms with van der Waals surface area (Å²) < 4.78 is 21.2. The van der Waals surface area contributed by atoms with Crippen LogP contribution in [0, 0.1) is 0 Å². The molecule has 0 aliphatic rings.